The maximum atomic E-state index is 13.7. The number of hydrogen-bond acceptors (Lipinski definition) is 11. The summed E-state index contributed by atoms with van der Waals surface area (Å²) in [5.74, 6) is -1.51. The van der Waals surface area contributed by atoms with Gasteiger partial charge in [0, 0.05) is 24.2 Å². The van der Waals surface area contributed by atoms with E-state index in [1.807, 2.05) is 6.92 Å². The zero-order valence-electron chi connectivity index (χ0n) is 30.9. The Morgan fingerprint density at radius 3 is 2.30 bits per heavy atom. The molecular formula is C38H60O12. The number of carboxylic acid groups (broad SMARTS) is 1. The lowest BCUT2D eigenvalue weighted by molar-refractivity contribution is -0.369. The summed E-state index contributed by atoms with van der Waals surface area (Å²) < 4.78 is 24.5. The molecule has 0 radical (unpaired) electrons. The van der Waals surface area contributed by atoms with Crippen LogP contribution in [-0.2, 0) is 28.5 Å². The number of aliphatic hydroxyl groups excluding tert-OH is 5. The molecule has 12 nitrogen and oxygen atoms in total. The lowest BCUT2D eigenvalue weighted by atomic mass is 9.32. The summed E-state index contributed by atoms with van der Waals surface area (Å²) in [5, 5.41) is 64.9. The minimum Gasteiger partial charge on any atom is -0.481 e. The Labute approximate surface area is 295 Å². The van der Waals surface area contributed by atoms with Gasteiger partial charge in [0.15, 0.2) is 12.6 Å². The molecule has 2 aliphatic heterocycles. The van der Waals surface area contributed by atoms with Crippen LogP contribution in [-0.4, -0.2) is 105 Å². The molecule has 6 aliphatic rings. The van der Waals surface area contributed by atoms with Crippen molar-refractivity contribution < 1.29 is 59.2 Å². The van der Waals surface area contributed by atoms with Crippen molar-refractivity contribution in [1.29, 1.82) is 0 Å². The lowest BCUT2D eigenvalue weighted by Gasteiger charge is -2.73. The number of allylic oxidation sites excluding steroid dienone is 1. The number of aliphatic hydroxyl groups is 5. The maximum absolute atomic E-state index is 13.7. The molecule has 2 saturated heterocycles. The molecule has 0 spiro atoms. The van der Waals surface area contributed by atoms with Crippen LogP contribution in [0.3, 0.4) is 0 Å². The van der Waals surface area contributed by atoms with Crippen molar-refractivity contribution in [1.82, 2.24) is 0 Å². The van der Waals surface area contributed by atoms with E-state index in [4.69, 9.17) is 18.9 Å². The monoisotopic (exact) mass is 708 g/mol. The Kier molecular flexibility index (Phi) is 9.71. The van der Waals surface area contributed by atoms with Gasteiger partial charge in [-0.15, -0.1) is 0 Å². The van der Waals surface area contributed by atoms with Gasteiger partial charge in [0.05, 0.1) is 18.6 Å². The summed E-state index contributed by atoms with van der Waals surface area (Å²) >= 11 is 0. The second kappa shape index (κ2) is 12.7. The van der Waals surface area contributed by atoms with Crippen molar-refractivity contribution >= 4 is 11.9 Å². The van der Waals surface area contributed by atoms with E-state index in [2.05, 4.69) is 47.6 Å². The summed E-state index contributed by atoms with van der Waals surface area (Å²) in [6, 6.07) is 0. The van der Waals surface area contributed by atoms with Crippen LogP contribution in [0.1, 0.15) is 93.9 Å². The number of hydrogen-bond donors (Lipinski definition) is 6. The fourth-order valence-electron chi connectivity index (χ4n) is 12.8. The zero-order valence-corrected chi connectivity index (χ0v) is 30.9. The van der Waals surface area contributed by atoms with Gasteiger partial charge < -0.3 is 49.6 Å². The number of carbonyl (C=O) groups excluding carboxylic acids is 1. The van der Waals surface area contributed by atoms with Gasteiger partial charge in [-0.2, -0.15) is 0 Å². The SMILES string of the molecule is CC(=O)O[C@@H]1C[C@]23C4=CC[C@@]5(C)[C@](C(=O)O)([C@H](C)C(C)C)C(C)CC[C@]5(C)[C@H]4CC[C@H]2[C@@](C)(COC3O)[C@H]1O[C@@H]1O[C@H](CO)[C@@H](O)[C@H](O)[C@H]1O. The largest absolute Gasteiger partial charge is 0.481 e. The Balaban J connectivity index is 1.45. The third-order valence-corrected chi connectivity index (χ3v) is 15.7. The number of aliphatic carboxylic acids is 1. The first kappa shape index (κ1) is 38.1. The molecule has 6 N–H and O–H groups in total. The summed E-state index contributed by atoms with van der Waals surface area (Å²) in [4.78, 5) is 26.4. The van der Waals surface area contributed by atoms with Gasteiger partial charge in [-0.05, 0) is 72.5 Å². The van der Waals surface area contributed by atoms with Gasteiger partial charge in [0.1, 0.15) is 36.6 Å². The number of fused-ring (bicyclic) bond motifs is 3. The standard InChI is InChI=1S/C38H60O12/c1-18(2)20(4)38(32(44)45)19(3)11-13-35(7)22-9-10-26-34(6)17-47-33(46)37(26,23(22)12-14-36(35,38)8)15-24(48-21(5)40)30(34)50-31-29(43)28(42)27(41)25(16-39)49-31/h12,18-20,22,24-31,33,39,41-43,46H,9-11,13-17H2,1-8H3,(H,44,45)/t19?,20-,22+,24-,25-,26+,27-,28+,29-,30+,31+,33?,34-,35-,36-,37+,38+/m1/s1. The number of esters is 1. The van der Waals surface area contributed by atoms with E-state index in [0.717, 1.165) is 24.8 Å². The molecule has 0 aromatic carbocycles. The summed E-state index contributed by atoms with van der Waals surface area (Å²) in [6.07, 6.45) is -4.59. The van der Waals surface area contributed by atoms with Crippen LogP contribution in [0.5, 0.6) is 0 Å². The Morgan fingerprint density at radius 1 is 1.02 bits per heavy atom. The van der Waals surface area contributed by atoms with E-state index < -0.39 is 94.8 Å². The van der Waals surface area contributed by atoms with E-state index >= 15 is 0 Å². The summed E-state index contributed by atoms with van der Waals surface area (Å²) in [5.41, 5.74) is -2.78. The molecule has 0 aromatic rings. The molecular weight excluding hydrogens is 648 g/mol. The van der Waals surface area contributed by atoms with E-state index in [9.17, 15) is 40.2 Å². The van der Waals surface area contributed by atoms with Gasteiger partial charge in [0.25, 0.3) is 0 Å². The average molecular weight is 709 g/mol. The highest BCUT2D eigenvalue weighted by Gasteiger charge is 2.76. The fourth-order valence-corrected chi connectivity index (χ4v) is 12.8. The van der Waals surface area contributed by atoms with Crippen LogP contribution in [0.25, 0.3) is 0 Å². The van der Waals surface area contributed by atoms with Crippen LogP contribution in [0, 0.1) is 56.7 Å². The highest BCUT2D eigenvalue weighted by atomic mass is 16.7. The molecule has 0 amide bonds. The van der Waals surface area contributed by atoms with Crippen molar-refractivity contribution in [2.45, 2.75) is 143 Å². The first-order valence-electron chi connectivity index (χ1n) is 18.7. The fraction of sp³-hybridized carbons (Fsp3) is 0.895. The quantitative estimate of drug-likeness (QED) is 0.129. The van der Waals surface area contributed by atoms with Gasteiger partial charge in [-0.3, -0.25) is 9.59 Å². The third-order valence-electron chi connectivity index (χ3n) is 15.7. The zero-order chi connectivity index (χ0) is 36.9. The second-order valence-corrected chi connectivity index (χ2v) is 17.8. The van der Waals surface area contributed by atoms with Crippen LogP contribution in [0.2, 0.25) is 0 Å². The van der Waals surface area contributed by atoms with Crippen LogP contribution in [0.4, 0.5) is 0 Å². The normalized spacial score (nSPS) is 52.2. The predicted octanol–water partition coefficient (Wildman–Crippen LogP) is 3.01. The van der Waals surface area contributed by atoms with E-state index in [1.54, 1.807) is 0 Å². The molecule has 6 rings (SSSR count). The number of ether oxygens (including phenoxy) is 4. The lowest BCUT2D eigenvalue weighted by Crippen LogP contribution is -2.73. The smallest absolute Gasteiger partial charge is 0.310 e. The number of carbonyl (C=O) groups is 2. The minimum atomic E-state index is -1.65. The van der Waals surface area contributed by atoms with E-state index in [0.29, 0.717) is 12.8 Å². The molecule has 12 heteroatoms. The highest BCUT2D eigenvalue weighted by molar-refractivity contribution is 5.77. The van der Waals surface area contributed by atoms with Gasteiger partial charge in [0.2, 0.25) is 0 Å². The van der Waals surface area contributed by atoms with Crippen molar-refractivity contribution in [3.8, 4) is 0 Å². The van der Waals surface area contributed by atoms with Gasteiger partial charge in [-0.25, -0.2) is 0 Å². The van der Waals surface area contributed by atoms with Crippen LogP contribution >= 0.6 is 0 Å². The molecule has 50 heavy (non-hydrogen) atoms. The molecule has 2 unspecified atom stereocenters. The van der Waals surface area contributed by atoms with Crippen LogP contribution < -0.4 is 0 Å². The second-order valence-electron chi connectivity index (χ2n) is 17.8. The average Bonchev–Trinajstić information content (AvgIpc) is 3.05. The summed E-state index contributed by atoms with van der Waals surface area (Å²) in [7, 11) is 0. The Morgan fingerprint density at radius 2 is 1.70 bits per heavy atom. The molecule has 2 bridgehead atoms. The summed E-state index contributed by atoms with van der Waals surface area (Å²) in [6.45, 7) is 15.6. The molecule has 0 aromatic heterocycles. The molecule has 4 aliphatic carbocycles. The van der Waals surface area contributed by atoms with Crippen molar-refractivity contribution in [2.24, 2.45) is 56.7 Å². The highest BCUT2D eigenvalue weighted by Crippen LogP contribution is 2.77. The number of rotatable bonds is 7. The molecule has 2 heterocycles. The van der Waals surface area contributed by atoms with Crippen molar-refractivity contribution in [3.05, 3.63) is 11.6 Å². The van der Waals surface area contributed by atoms with E-state index in [1.165, 1.54) is 6.92 Å². The maximum Gasteiger partial charge on any atom is 0.310 e. The van der Waals surface area contributed by atoms with E-state index in [-0.39, 0.29) is 42.6 Å². The van der Waals surface area contributed by atoms with Gasteiger partial charge in [-0.1, -0.05) is 60.1 Å². The Hall–Kier alpha value is -1.64. The van der Waals surface area contributed by atoms with Crippen molar-refractivity contribution in [3.63, 3.8) is 0 Å². The molecule has 284 valence electrons. The van der Waals surface area contributed by atoms with Crippen molar-refractivity contribution in [2.75, 3.05) is 13.2 Å². The van der Waals surface area contributed by atoms with Gasteiger partial charge >= 0.3 is 11.9 Å². The minimum absolute atomic E-state index is 0.0322. The third kappa shape index (κ3) is 4.84. The first-order chi connectivity index (χ1) is 23.3. The molecule has 17 atom stereocenters. The van der Waals surface area contributed by atoms with Crippen LogP contribution in [0.15, 0.2) is 11.6 Å². The molecule has 3 saturated carbocycles. The Bertz CT molecular complexity index is 1370. The predicted molar refractivity (Wildman–Crippen MR) is 179 cm³/mol. The molecule has 5 fully saturated rings. The first-order valence-corrected chi connectivity index (χ1v) is 18.7. The number of carboxylic acids is 1. The topological polar surface area (TPSA) is 192 Å².